The molecule has 0 aliphatic heterocycles. The Bertz CT molecular complexity index is 1450. The fourth-order valence-electron chi connectivity index (χ4n) is 3.78. The number of nitrogens with zero attached hydrogens (tertiary/aromatic N) is 2. The number of hydrogen-bond donors (Lipinski definition) is 1. The van der Waals surface area contributed by atoms with Crippen molar-refractivity contribution in [1.82, 2.24) is 10.2 Å². The summed E-state index contributed by atoms with van der Waals surface area (Å²) in [6, 6.07) is 18.6. The van der Waals surface area contributed by atoms with Gasteiger partial charge in [-0.2, -0.15) is 0 Å². The number of amides is 2. The van der Waals surface area contributed by atoms with Gasteiger partial charge in [0.2, 0.25) is 11.8 Å². The summed E-state index contributed by atoms with van der Waals surface area (Å²) in [5.41, 5.74) is 0.398. The molecule has 0 fully saturated rings. The summed E-state index contributed by atoms with van der Waals surface area (Å²) in [6.07, 6.45) is 0. The van der Waals surface area contributed by atoms with Crippen molar-refractivity contribution in [2.24, 2.45) is 0 Å². The molecule has 3 aromatic rings. The Labute approximate surface area is 248 Å². The Morgan fingerprint density at radius 1 is 0.949 bits per heavy atom. The number of carbonyl (C=O) groups is 2. The van der Waals surface area contributed by atoms with Crippen LogP contribution in [0.2, 0.25) is 10.0 Å². The first kappa shape index (κ1) is 30.9. The highest BCUT2D eigenvalue weighted by molar-refractivity contribution is 9.10. The Morgan fingerprint density at radius 2 is 1.62 bits per heavy atom. The van der Waals surface area contributed by atoms with Gasteiger partial charge in [0, 0.05) is 16.6 Å². The van der Waals surface area contributed by atoms with Gasteiger partial charge < -0.3 is 10.2 Å². The summed E-state index contributed by atoms with van der Waals surface area (Å²) in [4.78, 5) is 28.4. The fraction of sp³-hybridized carbons (Fsp3) is 0.286. The van der Waals surface area contributed by atoms with Gasteiger partial charge in [0.25, 0.3) is 10.0 Å². The molecule has 208 valence electrons. The van der Waals surface area contributed by atoms with Crippen LogP contribution in [0.15, 0.2) is 82.2 Å². The predicted molar refractivity (Wildman–Crippen MR) is 159 cm³/mol. The normalized spacial score (nSPS) is 12.5. The first-order chi connectivity index (χ1) is 18.2. The van der Waals surface area contributed by atoms with Crippen LogP contribution in [0, 0.1) is 0 Å². The number of anilines is 1. The molecule has 0 saturated heterocycles. The van der Waals surface area contributed by atoms with Crippen molar-refractivity contribution in [2.75, 3.05) is 10.8 Å². The Kier molecular flexibility index (Phi) is 10.1. The average molecular weight is 655 g/mol. The van der Waals surface area contributed by atoms with Crippen LogP contribution in [0.1, 0.15) is 33.3 Å². The largest absolute Gasteiger partial charge is 0.350 e. The van der Waals surface area contributed by atoms with Crippen LogP contribution in [-0.2, 0) is 26.2 Å². The van der Waals surface area contributed by atoms with Crippen molar-refractivity contribution in [3.63, 3.8) is 0 Å². The molecule has 3 aromatic carbocycles. The van der Waals surface area contributed by atoms with Crippen LogP contribution in [0.25, 0.3) is 0 Å². The van der Waals surface area contributed by atoms with E-state index in [0.29, 0.717) is 0 Å². The lowest BCUT2D eigenvalue weighted by atomic mass is 10.1. The molecule has 0 aliphatic rings. The highest BCUT2D eigenvalue weighted by atomic mass is 79.9. The Hall–Kier alpha value is -2.59. The van der Waals surface area contributed by atoms with E-state index in [-0.39, 0.29) is 33.1 Å². The smallest absolute Gasteiger partial charge is 0.264 e. The van der Waals surface area contributed by atoms with Crippen LogP contribution in [0.5, 0.6) is 0 Å². The van der Waals surface area contributed by atoms with Crippen LogP contribution in [0.3, 0.4) is 0 Å². The second-order valence-corrected chi connectivity index (χ2v) is 13.6. The molecule has 0 aromatic heterocycles. The second kappa shape index (κ2) is 12.7. The topological polar surface area (TPSA) is 86.8 Å². The number of nitrogens with one attached hydrogen (secondary N) is 1. The van der Waals surface area contributed by atoms with Crippen molar-refractivity contribution in [3.8, 4) is 0 Å². The molecule has 1 unspecified atom stereocenters. The third-order valence-electron chi connectivity index (χ3n) is 5.71. The summed E-state index contributed by atoms with van der Waals surface area (Å²) >= 11 is 15.7. The third kappa shape index (κ3) is 8.20. The van der Waals surface area contributed by atoms with Crippen LogP contribution in [-0.4, -0.2) is 43.3 Å². The number of rotatable bonds is 9. The summed E-state index contributed by atoms with van der Waals surface area (Å²) in [7, 11) is -4.19. The highest BCUT2D eigenvalue weighted by Gasteiger charge is 2.33. The predicted octanol–water partition coefficient (Wildman–Crippen LogP) is 6.28. The summed E-state index contributed by atoms with van der Waals surface area (Å²) < 4.78 is 29.3. The van der Waals surface area contributed by atoms with E-state index in [9.17, 15) is 18.0 Å². The molecular formula is C28H30BrCl2N3O4S. The molecule has 0 radical (unpaired) electrons. The molecule has 2 amide bonds. The minimum atomic E-state index is -4.19. The lowest BCUT2D eigenvalue weighted by molar-refractivity contribution is -0.140. The van der Waals surface area contributed by atoms with E-state index in [1.807, 2.05) is 45.0 Å². The molecule has 0 heterocycles. The summed E-state index contributed by atoms with van der Waals surface area (Å²) in [5.74, 6) is -0.935. The summed E-state index contributed by atoms with van der Waals surface area (Å²) in [5, 5.41) is 3.28. The van der Waals surface area contributed by atoms with E-state index in [0.717, 1.165) is 14.3 Å². The Morgan fingerprint density at radius 3 is 2.21 bits per heavy atom. The molecule has 0 saturated carbocycles. The molecule has 11 heteroatoms. The van der Waals surface area contributed by atoms with Gasteiger partial charge in [0.15, 0.2) is 0 Å². The monoisotopic (exact) mass is 653 g/mol. The van der Waals surface area contributed by atoms with Crippen molar-refractivity contribution in [1.29, 1.82) is 0 Å². The van der Waals surface area contributed by atoms with Crippen LogP contribution in [0.4, 0.5) is 5.69 Å². The highest BCUT2D eigenvalue weighted by Crippen LogP contribution is 2.31. The molecular weight excluding hydrogens is 625 g/mol. The van der Waals surface area contributed by atoms with Crippen molar-refractivity contribution in [3.05, 3.63) is 92.9 Å². The molecule has 0 aliphatic carbocycles. The number of sulfonamides is 1. The SMILES string of the molecule is CC(C(=O)NC(C)(C)C)N(Cc1cccc(Br)c1)C(=O)CN(c1ccc(Cl)c(Cl)c1)S(=O)(=O)c1ccccc1. The van der Waals surface area contributed by atoms with E-state index in [2.05, 4.69) is 21.2 Å². The standard InChI is InChI=1S/C28H30BrCl2N3O4S/c1-19(27(36)32-28(2,3)4)33(17-20-9-8-10-21(29)15-20)26(35)18-34(22-13-14-24(30)25(31)16-22)39(37,38)23-11-6-5-7-12-23/h5-16,19H,17-18H2,1-4H3,(H,32,36). The molecule has 1 N–H and O–H groups in total. The number of halogens is 3. The number of hydrogen-bond acceptors (Lipinski definition) is 4. The van der Waals surface area contributed by atoms with Crippen molar-refractivity contribution >= 4 is 66.7 Å². The maximum Gasteiger partial charge on any atom is 0.264 e. The zero-order valence-electron chi connectivity index (χ0n) is 22.0. The molecule has 3 rings (SSSR count). The third-order valence-corrected chi connectivity index (χ3v) is 8.73. The van der Waals surface area contributed by atoms with E-state index in [1.165, 1.54) is 35.2 Å². The van der Waals surface area contributed by atoms with Gasteiger partial charge in [0.1, 0.15) is 12.6 Å². The molecule has 1 atom stereocenters. The lowest BCUT2D eigenvalue weighted by Gasteiger charge is -2.33. The number of carbonyl (C=O) groups excluding carboxylic acids is 2. The van der Waals surface area contributed by atoms with Crippen LogP contribution >= 0.6 is 39.1 Å². The Balaban J connectivity index is 2.05. The van der Waals surface area contributed by atoms with Gasteiger partial charge in [-0.15, -0.1) is 0 Å². The molecule has 0 spiro atoms. The zero-order valence-corrected chi connectivity index (χ0v) is 25.9. The fourth-order valence-corrected chi connectivity index (χ4v) is 5.94. The van der Waals surface area contributed by atoms with Crippen LogP contribution < -0.4 is 9.62 Å². The maximum absolute atomic E-state index is 13.9. The van der Waals surface area contributed by atoms with E-state index in [1.54, 1.807) is 25.1 Å². The number of benzene rings is 3. The van der Waals surface area contributed by atoms with E-state index < -0.39 is 34.1 Å². The average Bonchev–Trinajstić information content (AvgIpc) is 2.86. The van der Waals surface area contributed by atoms with E-state index in [4.69, 9.17) is 23.2 Å². The van der Waals surface area contributed by atoms with Gasteiger partial charge in [-0.3, -0.25) is 13.9 Å². The van der Waals surface area contributed by atoms with Crippen molar-refractivity contribution in [2.45, 2.75) is 50.7 Å². The summed E-state index contributed by atoms with van der Waals surface area (Å²) in [6.45, 7) is 6.66. The van der Waals surface area contributed by atoms with Gasteiger partial charge in [-0.05, 0) is 75.7 Å². The first-order valence-corrected chi connectivity index (χ1v) is 15.1. The lowest BCUT2D eigenvalue weighted by Crippen LogP contribution is -2.54. The van der Waals surface area contributed by atoms with E-state index >= 15 is 0 Å². The minimum absolute atomic E-state index is 0.000867. The quantitative estimate of drug-likeness (QED) is 0.294. The first-order valence-electron chi connectivity index (χ1n) is 12.1. The van der Waals surface area contributed by atoms with Gasteiger partial charge >= 0.3 is 0 Å². The van der Waals surface area contributed by atoms with Gasteiger partial charge in [-0.1, -0.05) is 69.5 Å². The zero-order chi connectivity index (χ0) is 29.0. The second-order valence-electron chi connectivity index (χ2n) is 9.99. The van der Waals surface area contributed by atoms with Crippen molar-refractivity contribution < 1.29 is 18.0 Å². The molecule has 7 nitrogen and oxygen atoms in total. The maximum atomic E-state index is 13.9. The molecule has 0 bridgehead atoms. The van der Waals surface area contributed by atoms with Gasteiger partial charge in [-0.25, -0.2) is 8.42 Å². The van der Waals surface area contributed by atoms with Gasteiger partial charge in [0.05, 0.1) is 20.6 Å². The molecule has 39 heavy (non-hydrogen) atoms. The minimum Gasteiger partial charge on any atom is -0.350 e.